The van der Waals surface area contributed by atoms with Gasteiger partial charge in [0.2, 0.25) is 0 Å². The maximum Gasteiger partial charge on any atom is 0.115 e. The first-order chi connectivity index (χ1) is 8.24. The van der Waals surface area contributed by atoms with Crippen LogP contribution in [0.2, 0.25) is 0 Å². The summed E-state index contributed by atoms with van der Waals surface area (Å²) in [6.45, 7) is 4.00. The molecule has 2 rings (SSSR count). The van der Waals surface area contributed by atoms with Gasteiger partial charge in [-0.05, 0) is 48.5 Å². The Morgan fingerprint density at radius 2 is 0.941 bits per heavy atom. The molecule has 2 aromatic carbocycles. The lowest BCUT2D eigenvalue weighted by atomic mass is 10.2. The highest BCUT2D eigenvalue weighted by Crippen LogP contribution is 2.20. The molecule has 0 aliphatic carbocycles. The van der Waals surface area contributed by atoms with Gasteiger partial charge in [-0.3, -0.25) is 0 Å². The van der Waals surface area contributed by atoms with Crippen molar-refractivity contribution in [2.24, 2.45) is 0 Å². The van der Waals surface area contributed by atoms with Gasteiger partial charge in [0.05, 0.1) is 0 Å². The fraction of sp³-hybridized carbons (Fsp3) is 0.143. The Balaban J connectivity index is 0.000000686. The van der Waals surface area contributed by atoms with Crippen molar-refractivity contribution in [3.8, 4) is 11.5 Å². The predicted octanol–water partition coefficient (Wildman–Crippen LogP) is 3.87. The Kier molecular flexibility index (Phi) is 4.88. The van der Waals surface area contributed by atoms with Crippen LogP contribution in [0.15, 0.2) is 48.5 Å². The highest BCUT2D eigenvalue weighted by molar-refractivity contribution is 5.60. The Hall–Kier alpha value is -2.16. The zero-order valence-electron chi connectivity index (χ0n) is 10.0. The summed E-state index contributed by atoms with van der Waals surface area (Å²) in [7, 11) is 0. The number of aromatic hydroxyl groups is 2. The smallest absolute Gasteiger partial charge is 0.115 e. The summed E-state index contributed by atoms with van der Waals surface area (Å²) in [5.41, 5.74) is 1.77. The summed E-state index contributed by atoms with van der Waals surface area (Å²) >= 11 is 0. The number of hydrogen-bond acceptors (Lipinski definition) is 3. The summed E-state index contributed by atoms with van der Waals surface area (Å²) in [6.07, 6.45) is 0. The third kappa shape index (κ3) is 4.07. The third-order valence-corrected chi connectivity index (χ3v) is 2.02. The van der Waals surface area contributed by atoms with Gasteiger partial charge in [-0.1, -0.05) is 13.8 Å². The molecule has 0 heterocycles. The standard InChI is InChI=1S/C12H11NO2.C2H6/c14-11-5-1-9(2-6-11)13-10-3-7-12(15)8-4-10;1-2/h1-8,13-15H;1-2H3. The monoisotopic (exact) mass is 231 g/mol. The SMILES string of the molecule is CC.Oc1ccc(Nc2ccc(O)cc2)cc1. The lowest BCUT2D eigenvalue weighted by Crippen LogP contribution is -1.88. The molecule has 3 N–H and O–H groups in total. The van der Waals surface area contributed by atoms with Crippen molar-refractivity contribution in [3.05, 3.63) is 48.5 Å². The lowest BCUT2D eigenvalue weighted by molar-refractivity contribution is 0.475. The molecular weight excluding hydrogens is 214 g/mol. The first-order valence-corrected chi connectivity index (χ1v) is 5.59. The van der Waals surface area contributed by atoms with E-state index in [1.165, 1.54) is 0 Å². The Morgan fingerprint density at radius 3 is 1.24 bits per heavy atom. The van der Waals surface area contributed by atoms with Crippen LogP contribution in [0.3, 0.4) is 0 Å². The average molecular weight is 231 g/mol. The fourth-order valence-corrected chi connectivity index (χ4v) is 1.26. The van der Waals surface area contributed by atoms with Gasteiger partial charge in [-0.25, -0.2) is 0 Å². The minimum atomic E-state index is 0.242. The van der Waals surface area contributed by atoms with E-state index in [0.717, 1.165) is 11.4 Å². The number of anilines is 2. The number of rotatable bonds is 2. The fourth-order valence-electron chi connectivity index (χ4n) is 1.26. The normalized spacial score (nSPS) is 9.06. The van der Waals surface area contributed by atoms with Gasteiger partial charge in [0.25, 0.3) is 0 Å². The van der Waals surface area contributed by atoms with Gasteiger partial charge in [0.15, 0.2) is 0 Å². The molecule has 90 valence electrons. The van der Waals surface area contributed by atoms with E-state index in [9.17, 15) is 0 Å². The quantitative estimate of drug-likeness (QED) is 0.688. The number of nitrogens with one attached hydrogen (secondary N) is 1. The highest BCUT2D eigenvalue weighted by atomic mass is 16.3. The van der Waals surface area contributed by atoms with Gasteiger partial charge in [0, 0.05) is 11.4 Å². The van der Waals surface area contributed by atoms with Crippen LogP contribution in [0.1, 0.15) is 13.8 Å². The maximum atomic E-state index is 9.10. The summed E-state index contributed by atoms with van der Waals surface area (Å²) in [6, 6.07) is 13.6. The molecule has 0 fully saturated rings. The zero-order valence-corrected chi connectivity index (χ0v) is 10.0. The number of phenolic OH excluding ortho intramolecular Hbond substituents is 2. The highest BCUT2D eigenvalue weighted by Gasteiger charge is 1.94. The second-order valence-corrected chi connectivity index (χ2v) is 3.22. The van der Waals surface area contributed by atoms with Crippen molar-refractivity contribution < 1.29 is 10.2 Å². The van der Waals surface area contributed by atoms with E-state index in [-0.39, 0.29) is 11.5 Å². The summed E-state index contributed by atoms with van der Waals surface area (Å²) in [5, 5.41) is 21.3. The first-order valence-electron chi connectivity index (χ1n) is 5.59. The van der Waals surface area contributed by atoms with E-state index >= 15 is 0 Å². The van der Waals surface area contributed by atoms with Crippen molar-refractivity contribution >= 4 is 11.4 Å². The van der Waals surface area contributed by atoms with Crippen LogP contribution in [0.4, 0.5) is 11.4 Å². The van der Waals surface area contributed by atoms with Crippen molar-refractivity contribution in [2.75, 3.05) is 5.32 Å². The molecule has 0 aliphatic heterocycles. The molecule has 3 heteroatoms. The summed E-state index contributed by atoms with van der Waals surface area (Å²) in [4.78, 5) is 0. The molecule has 0 spiro atoms. The van der Waals surface area contributed by atoms with Gasteiger partial charge in [0.1, 0.15) is 11.5 Å². The van der Waals surface area contributed by atoms with Crippen LogP contribution in [0.5, 0.6) is 11.5 Å². The van der Waals surface area contributed by atoms with Crippen LogP contribution >= 0.6 is 0 Å². The summed E-state index contributed by atoms with van der Waals surface area (Å²) in [5.74, 6) is 0.484. The van der Waals surface area contributed by atoms with E-state index in [0.29, 0.717) is 0 Å². The van der Waals surface area contributed by atoms with Gasteiger partial charge >= 0.3 is 0 Å². The van der Waals surface area contributed by atoms with Crippen LogP contribution in [-0.4, -0.2) is 10.2 Å². The minimum Gasteiger partial charge on any atom is -0.508 e. The Labute approximate surface area is 101 Å². The molecule has 0 saturated carbocycles. The summed E-state index contributed by atoms with van der Waals surface area (Å²) < 4.78 is 0. The molecule has 3 nitrogen and oxygen atoms in total. The van der Waals surface area contributed by atoms with Crippen LogP contribution in [0.25, 0.3) is 0 Å². The second kappa shape index (κ2) is 6.43. The van der Waals surface area contributed by atoms with Crippen molar-refractivity contribution in [1.29, 1.82) is 0 Å². The van der Waals surface area contributed by atoms with Crippen LogP contribution < -0.4 is 5.32 Å². The molecule has 17 heavy (non-hydrogen) atoms. The van der Waals surface area contributed by atoms with Crippen molar-refractivity contribution in [1.82, 2.24) is 0 Å². The Morgan fingerprint density at radius 1 is 0.647 bits per heavy atom. The topological polar surface area (TPSA) is 52.5 Å². The van der Waals surface area contributed by atoms with Gasteiger partial charge < -0.3 is 15.5 Å². The lowest BCUT2D eigenvalue weighted by Gasteiger charge is -2.06. The van der Waals surface area contributed by atoms with Crippen LogP contribution in [-0.2, 0) is 0 Å². The predicted molar refractivity (Wildman–Crippen MR) is 70.8 cm³/mol. The Bertz CT molecular complexity index is 391. The maximum absolute atomic E-state index is 9.10. The molecule has 0 atom stereocenters. The third-order valence-electron chi connectivity index (χ3n) is 2.02. The van der Waals surface area contributed by atoms with Crippen LogP contribution in [0, 0.1) is 0 Å². The minimum absolute atomic E-state index is 0.242. The number of phenols is 2. The number of hydrogen-bond donors (Lipinski definition) is 3. The van der Waals surface area contributed by atoms with E-state index in [1.807, 2.05) is 13.8 Å². The molecular formula is C14H17NO2. The van der Waals surface area contributed by atoms with E-state index in [1.54, 1.807) is 48.5 Å². The molecule has 2 aromatic rings. The molecule has 0 amide bonds. The largest absolute Gasteiger partial charge is 0.508 e. The number of benzene rings is 2. The van der Waals surface area contributed by atoms with Gasteiger partial charge in [-0.15, -0.1) is 0 Å². The zero-order chi connectivity index (χ0) is 12.7. The molecule has 0 aliphatic rings. The van der Waals surface area contributed by atoms with E-state index in [4.69, 9.17) is 10.2 Å². The molecule has 0 radical (unpaired) electrons. The van der Waals surface area contributed by atoms with Gasteiger partial charge in [-0.2, -0.15) is 0 Å². The molecule has 0 unspecified atom stereocenters. The second-order valence-electron chi connectivity index (χ2n) is 3.22. The first kappa shape index (κ1) is 12.9. The van der Waals surface area contributed by atoms with E-state index in [2.05, 4.69) is 5.32 Å². The average Bonchev–Trinajstić information content (AvgIpc) is 2.37. The van der Waals surface area contributed by atoms with E-state index < -0.39 is 0 Å². The molecule has 0 bridgehead atoms. The van der Waals surface area contributed by atoms with Crippen molar-refractivity contribution in [3.63, 3.8) is 0 Å². The van der Waals surface area contributed by atoms with Crippen molar-refractivity contribution in [2.45, 2.75) is 13.8 Å². The molecule has 0 aromatic heterocycles. The molecule has 0 saturated heterocycles.